The topological polar surface area (TPSA) is 79.0 Å². The molecule has 0 saturated heterocycles. The fourth-order valence-corrected chi connectivity index (χ4v) is 3.49. The van der Waals surface area contributed by atoms with Crippen molar-refractivity contribution in [1.29, 1.82) is 0 Å². The van der Waals surface area contributed by atoms with Crippen LogP contribution in [0.4, 0.5) is 0 Å². The second-order valence-corrected chi connectivity index (χ2v) is 6.48. The van der Waals surface area contributed by atoms with E-state index in [0.717, 1.165) is 0 Å². The van der Waals surface area contributed by atoms with Crippen molar-refractivity contribution in [1.82, 2.24) is 9.71 Å². The standard InChI is InChI=1S/C12H12ClN2O3S/c1-7(2)15-19(17,18)11-5-8-3-4-12(16)14-10(8)6-9(11)13/h3,5-7,15H,1-2H3,(H,14,16). The van der Waals surface area contributed by atoms with Crippen LogP contribution in [0.3, 0.4) is 0 Å². The summed E-state index contributed by atoms with van der Waals surface area (Å²) in [5, 5.41) is 0.607. The van der Waals surface area contributed by atoms with Crippen LogP contribution in [0.25, 0.3) is 10.9 Å². The van der Waals surface area contributed by atoms with Crippen LogP contribution in [0, 0.1) is 6.07 Å². The molecule has 0 amide bonds. The van der Waals surface area contributed by atoms with Crippen LogP contribution >= 0.6 is 11.6 Å². The minimum absolute atomic E-state index is 0.0178. The van der Waals surface area contributed by atoms with Crippen molar-refractivity contribution in [2.45, 2.75) is 24.8 Å². The molecule has 2 N–H and O–H groups in total. The number of benzene rings is 1. The summed E-state index contributed by atoms with van der Waals surface area (Å²) in [4.78, 5) is 13.7. The summed E-state index contributed by atoms with van der Waals surface area (Å²) in [6.45, 7) is 3.44. The Kier molecular flexibility index (Phi) is 3.66. The summed E-state index contributed by atoms with van der Waals surface area (Å²) < 4.78 is 26.7. The molecule has 0 atom stereocenters. The van der Waals surface area contributed by atoms with E-state index >= 15 is 0 Å². The van der Waals surface area contributed by atoms with Gasteiger partial charge in [-0.15, -0.1) is 0 Å². The number of aromatic amines is 1. The van der Waals surface area contributed by atoms with Gasteiger partial charge in [-0.2, -0.15) is 0 Å². The zero-order valence-electron chi connectivity index (χ0n) is 10.3. The molecule has 19 heavy (non-hydrogen) atoms. The van der Waals surface area contributed by atoms with E-state index in [9.17, 15) is 13.2 Å². The van der Waals surface area contributed by atoms with Crippen molar-refractivity contribution in [3.05, 3.63) is 39.6 Å². The van der Waals surface area contributed by atoms with Crippen molar-refractivity contribution in [3.8, 4) is 0 Å². The number of hydrogen-bond acceptors (Lipinski definition) is 3. The van der Waals surface area contributed by atoms with E-state index < -0.39 is 10.0 Å². The van der Waals surface area contributed by atoms with Crippen LogP contribution < -0.4 is 10.3 Å². The Balaban J connectivity index is 2.65. The second-order valence-electron chi connectivity index (χ2n) is 4.39. The predicted octanol–water partition coefficient (Wildman–Crippen LogP) is 1.67. The van der Waals surface area contributed by atoms with Gasteiger partial charge in [0.1, 0.15) is 4.90 Å². The monoisotopic (exact) mass is 299 g/mol. The highest BCUT2D eigenvalue weighted by molar-refractivity contribution is 7.89. The first kappa shape index (κ1) is 14.0. The molecule has 1 aromatic carbocycles. The van der Waals surface area contributed by atoms with Gasteiger partial charge < -0.3 is 4.98 Å². The summed E-state index contributed by atoms with van der Waals surface area (Å²) in [7, 11) is -3.68. The van der Waals surface area contributed by atoms with Crippen LogP contribution in [0.1, 0.15) is 13.8 Å². The lowest BCUT2D eigenvalue weighted by atomic mass is 10.2. The first-order valence-corrected chi connectivity index (χ1v) is 7.42. The third kappa shape index (κ3) is 2.97. The van der Waals surface area contributed by atoms with Gasteiger partial charge in [-0.3, -0.25) is 4.79 Å². The van der Waals surface area contributed by atoms with Gasteiger partial charge in [0, 0.05) is 16.9 Å². The molecule has 0 aliphatic carbocycles. The van der Waals surface area contributed by atoms with Crippen LogP contribution in [0.2, 0.25) is 5.02 Å². The van der Waals surface area contributed by atoms with Crippen LogP contribution in [0.5, 0.6) is 0 Å². The average Bonchev–Trinajstić information content (AvgIpc) is 2.25. The maximum Gasteiger partial charge on any atom is 0.256 e. The first-order valence-electron chi connectivity index (χ1n) is 5.56. The number of rotatable bonds is 3. The maximum absolute atomic E-state index is 12.1. The Morgan fingerprint density at radius 2 is 2.05 bits per heavy atom. The summed E-state index contributed by atoms with van der Waals surface area (Å²) in [6, 6.07) is 6.47. The molecular formula is C12H12ClN2O3S. The largest absolute Gasteiger partial charge is 0.321 e. The number of nitrogens with one attached hydrogen (secondary N) is 2. The van der Waals surface area contributed by atoms with E-state index in [1.54, 1.807) is 13.8 Å². The highest BCUT2D eigenvalue weighted by atomic mass is 35.5. The van der Waals surface area contributed by atoms with Crippen LogP contribution in [-0.2, 0) is 10.0 Å². The Morgan fingerprint density at radius 1 is 1.37 bits per heavy atom. The molecule has 0 aliphatic rings. The zero-order valence-corrected chi connectivity index (χ0v) is 11.9. The molecule has 1 radical (unpaired) electrons. The Hall–Kier alpha value is -1.37. The lowest BCUT2D eigenvalue weighted by molar-refractivity contribution is 0.570. The number of sulfonamides is 1. The molecule has 0 spiro atoms. The third-order valence-electron chi connectivity index (χ3n) is 2.39. The fraction of sp³-hybridized carbons (Fsp3) is 0.250. The van der Waals surface area contributed by atoms with Crippen molar-refractivity contribution in [2.24, 2.45) is 0 Å². The van der Waals surface area contributed by atoms with Gasteiger partial charge in [-0.1, -0.05) is 11.6 Å². The summed E-state index contributed by atoms with van der Waals surface area (Å²) in [5.41, 5.74) is 0.0803. The minimum atomic E-state index is -3.68. The number of aromatic nitrogens is 1. The van der Waals surface area contributed by atoms with Gasteiger partial charge in [-0.05, 0) is 32.0 Å². The van der Waals surface area contributed by atoms with Gasteiger partial charge in [0.2, 0.25) is 10.0 Å². The molecule has 1 aromatic heterocycles. The minimum Gasteiger partial charge on any atom is -0.321 e. The lowest BCUT2D eigenvalue weighted by Crippen LogP contribution is -2.30. The van der Waals surface area contributed by atoms with Crippen molar-refractivity contribution in [2.75, 3.05) is 0 Å². The normalized spacial score (nSPS) is 12.2. The number of hydrogen-bond donors (Lipinski definition) is 2. The average molecular weight is 300 g/mol. The second kappa shape index (κ2) is 4.96. The molecule has 7 heteroatoms. The summed E-state index contributed by atoms with van der Waals surface area (Å²) in [6.07, 6.45) is 0. The van der Waals surface area contributed by atoms with Crippen LogP contribution in [0.15, 0.2) is 27.9 Å². The quantitative estimate of drug-likeness (QED) is 0.905. The highest BCUT2D eigenvalue weighted by Crippen LogP contribution is 2.26. The Labute approximate surface area is 115 Å². The van der Waals surface area contributed by atoms with Crippen molar-refractivity contribution < 1.29 is 8.42 Å². The number of H-pyrrole nitrogens is 1. The molecule has 0 unspecified atom stereocenters. The zero-order chi connectivity index (χ0) is 14.2. The van der Waals surface area contributed by atoms with E-state index in [2.05, 4.69) is 15.8 Å². The molecule has 0 bridgehead atoms. The number of halogens is 1. The fourth-order valence-electron chi connectivity index (χ4n) is 1.68. The maximum atomic E-state index is 12.1. The molecule has 0 saturated carbocycles. The van der Waals surface area contributed by atoms with Gasteiger partial charge >= 0.3 is 0 Å². The smallest absolute Gasteiger partial charge is 0.256 e. The van der Waals surface area contributed by atoms with Gasteiger partial charge in [0.15, 0.2) is 0 Å². The molecule has 0 aliphatic heterocycles. The van der Waals surface area contributed by atoms with Crippen LogP contribution in [-0.4, -0.2) is 19.4 Å². The molecule has 101 valence electrons. The number of pyridine rings is 1. The van der Waals surface area contributed by atoms with E-state index in [1.807, 2.05) is 0 Å². The predicted molar refractivity (Wildman–Crippen MR) is 73.9 cm³/mol. The first-order chi connectivity index (χ1) is 8.79. The molecule has 2 aromatic rings. The van der Waals surface area contributed by atoms with Gasteiger partial charge in [-0.25, -0.2) is 13.1 Å². The Bertz CT molecular complexity index is 781. The molecule has 0 fully saturated rings. The highest BCUT2D eigenvalue weighted by Gasteiger charge is 2.19. The van der Waals surface area contributed by atoms with E-state index in [0.29, 0.717) is 10.9 Å². The Morgan fingerprint density at radius 3 is 2.68 bits per heavy atom. The van der Waals surface area contributed by atoms with Crippen molar-refractivity contribution >= 4 is 32.5 Å². The molecule has 2 rings (SSSR count). The van der Waals surface area contributed by atoms with Crippen molar-refractivity contribution in [3.63, 3.8) is 0 Å². The van der Waals surface area contributed by atoms with Gasteiger partial charge in [0.25, 0.3) is 5.56 Å². The SMILES string of the molecule is CC(C)NS(=O)(=O)c1cc2c[c]c(=O)[nH]c2cc1Cl. The van der Waals surface area contributed by atoms with E-state index in [4.69, 9.17) is 11.6 Å². The molecule has 1 heterocycles. The van der Waals surface area contributed by atoms with Gasteiger partial charge in [0.05, 0.1) is 11.1 Å². The molecular weight excluding hydrogens is 288 g/mol. The summed E-state index contributed by atoms with van der Waals surface area (Å²) >= 11 is 5.97. The molecule has 5 nitrogen and oxygen atoms in total. The number of fused-ring (bicyclic) bond motifs is 1. The van der Waals surface area contributed by atoms with E-state index in [1.165, 1.54) is 18.2 Å². The summed E-state index contributed by atoms with van der Waals surface area (Å²) in [5.74, 6) is 0. The van der Waals surface area contributed by atoms with E-state index in [-0.39, 0.29) is 21.5 Å². The lowest BCUT2D eigenvalue weighted by Gasteiger charge is -2.11. The third-order valence-corrected chi connectivity index (χ3v) is 4.51.